The van der Waals surface area contributed by atoms with Gasteiger partial charge in [0.25, 0.3) is 17.7 Å². The number of sulfone groups is 1. The van der Waals surface area contributed by atoms with Crippen molar-refractivity contribution >= 4 is 85.8 Å². The Hall–Kier alpha value is -6.22. The van der Waals surface area contributed by atoms with E-state index in [1.54, 1.807) is 80.3 Å². The Balaban J connectivity index is 0.844. The summed E-state index contributed by atoms with van der Waals surface area (Å²) in [4.78, 5) is 95.2. The second-order valence-corrected chi connectivity index (χ2v) is 23.8. The number of carbonyl (C=O) groups excluding carboxylic acids is 7. The summed E-state index contributed by atoms with van der Waals surface area (Å²) in [7, 11) is -3.64. The van der Waals surface area contributed by atoms with Crippen LogP contribution >= 0.6 is 23.2 Å². The minimum Gasteiger partial charge on any atom is -0.382 e. The summed E-state index contributed by atoms with van der Waals surface area (Å²) in [6.07, 6.45) is 0.150. The van der Waals surface area contributed by atoms with Gasteiger partial charge in [-0.2, -0.15) is 0 Å². The molecule has 1 unspecified atom stereocenters. The molecule has 412 valence electrons. The van der Waals surface area contributed by atoms with Crippen molar-refractivity contribution < 1.29 is 56.2 Å². The summed E-state index contributed by atoms with van der Waals surface area (Å²) in [5.74, 6) is -4.33. The maximum atomic E-state index is 15.2. The van der Waals surface area contributed by atoms with E-state index in [2.05, 4.69) is 21.3 Å². The standard InChI is InChI=1S/C56H66Cl2N6O12S/c1-34(2)46(33-77(72,73)35(3)4)63-50(36-12-16-39(57)17-13-36)43(38-8-6-9-40(58)30-38)31-56(5,55(63)71)32-48(66)61-41-18-14-37(15-19-41)51(67)60-23-25-75-27-29-76-28-26-74-24-22-59-44-11-7-10-42-49(44)54(70)64(53(42)69)45-20-21-47(65)62-52(45)68/h6-19,30,34-35,43,45-46,50,59H,20-29,31-33H2,1-5H3,(H,60,67)(H,61,66)(H,62,65,68)/t43-,45?,46-,50-,56-/m1/s1. The van der Waals surface area contributed by atoms with E-state index in [0.29, 0.717) is 40.1 Å². The number of anilines is 2. The highest BCUT2D eigenvalue weighted by molar-refractivity contribution is 7.92. The second-order valence-electron chi connectivity index (χ2n) is 20.3. The first-order valence-electron chi connectivity index (χ1n) is 25.7. The monoisotopic (exact) mass is 1120 g/mol. The van der Waals surface area contributed by atoms with Crippen LogP contribution in [0.4, 0.5) is 11.4 Å². The number of imide groups is 2. The van der Waals surface area contributed by atoms with Gasteiger partial charge in [0, 0.05) is 64.9 Å². The van der Waals surface area contributed by atoms with E-state index in [-0.39, 0.29) is 99.9 Å². The summed E-state index contributed by atoms with van der Waals surface area (Å²) >= 11 is 12.9. The smallest absolute Gasteiger partial charge is 0.264 e. The van der Waals surface area contributed by atoms with Crippen molar-refractivity contribution in [2.24, 2.45) is 11.3 Å². The lowest BCUT2D eigenvalue weighted by molar-refractivity contribution is -0.157. The molecular formula is C56H66Cl2N6O12S. The lowest BCUT2D eigenvalue weighted by Crippen LogP contribution is -2.59. The molecule has 0 spiro atoms. The van der Waals surface area contributed by atoms with E-state index in [9.17, 15) is 37.2 Å². The third kappa shape index (κ3) is 14.3. The molecule has 5 atom stereocenters. The van der Waals surface area contributed by atoms with Gasteiger partial charge < -0.3 is 35.1 Å². The third-order valence-corrected chi connectivity index (χ3v) is 16.9. The second kappa shape index (κ2) is 26.0. The zero-order valence-electron chi connectivity index (χ0n) is 43.8. The van der Waals surface area contributed by atoms with E-state index in [1.165, 1.54) is 6.07 Å². The molecule has 2 saturated heterocycles. The van der Waals surface area contributed by atoms with Gasteiger partial charge in [0.05, 0.1) is 73.2 Å². The van der Waals surface area contributed by atoms with Crippen LogP contribution in [0, 0.1) is 11.3 Å². The molecule has 7 amide bonds. The normalized spacial score (nSPS) is 20.1. The van der Waals surface area contributed by atoms with Crippen LogP contribution in [0.3, 0.4) is 0 Å². The zero-order chi connectivity index (χ0) is 55.6. The number of likely N-dealkylation sites (tertiary alicyclic amines) is 1. The summed E-state index contributed by atoms with van der Waals surface area (Å²) in [6.45, 7) is 11.0. The molecule has 3 aliphatic rings. The molecule has 4 aromatic carbocycles. The van der Waals surface area contributed by atoms with E-state index in [1.807, 2.05) is 44.2 Å². The van der Waals surface area contributed by atoms with Gasteiger partial charge in [-0.15, -0.1) is 0 Å². The van der Waals surface area contributed by atoms with Gasteiger partial charge >= 0.3 is 0 Å². The van der Waals surface area contributed by atoms with Crippen LogP contribution in [-0.2, 0) is 43.2 Å². The maximum absolute atomic E-state index is 15.2. The highest BCUT2D eigenvalue weighted by Crippen LogP contribution is 2.53. The van der Waals surface area contributed by atoms with E-state index < -0.39 is 74.1 Å². The lowest BCUT2D eigenvalue weighted by atomic mass is 9.66. The number of amides is 7. The molecule has 2 fully saturated rings. The number of fused-ring (bicyclic) bond motifs is 1. The van der Waals surface area contributed by atoms with Gasteiger partial charge in [0.15, 0.2) is 9.84 Å². The van der Waals surface area contributed by atoms with Crippen molar-refractivity contribution in [3.63, 3.8) is 0 Å². The Kier molecular flexibility index (Phi) is 19.7. The van der Waals surface area contributed by atoms with Crippen LogP contribution in [0.15, 0.2) is 91.0 Å². The van der Waals surface area contributed by atoms with Crippen LogP contribution in [0.25, 0.3) is 0 Å². The van der Waals surface area contributed by atoms with Crippen LogP contribution in [0.5, 0.6) is 0 Å². The molecule has 3 heterocycles. The fourth-order valence-corrected chi connectivity index (χ4v) is 11.7. The molecular weight excluding hydrogens is 1050 g/mol. The number of hydrogen-bond acceptors (Lipinski definition) is 13. The number of nitrogens with zero attached hydrogens (tertiary/aromatic N) is 2. The van der Waals surface area contributed by atoms with Gasteiger partial charge in [-0.1, -0.05) is 74.3 Å². The number of benzene rings is 4. The zero-order valence-corrected chi connectivity index (χ0v) is 46.1. The number of hydrogen-bond donors (Lipinski definition) is 4. The molecule has 21 heteroatoms. The first-order chi connectivity index (χ1) is 36.7. The summed E-state index contributed by atoms with van der Waals surface area (Å²) in [6, 6.07) is 23.4. The topological polar surface area (TPSA) is 236 Å². The summed E-state index contributed by atoms with van der Waals surface area (Å²) < 4.78 is 44.1. The fraction of sp³-hybridized carbons (Fsp3) is 0.446. The van der Waals surface area contributed by atoms with Crippen LogP contribution in [0.1, 0.15) is 114 Å². The molecule has 3 aliphatic heterocycles. The minimum atomic E-state index is -3.64. The summed E-state index contributed by atoms with van der Waals surface area (Å²) in [5, 5.41) is 11.4. The highest BCUT2D eigenvalue weighted by atomic mass is 35.5. The van der Waals surface area contributed by atoms with Crippen molar-refractivity contribution in [1.82, 2.24) is 20.4 Å². The maximum Gasteiger partial charge on any atom is 0.264 e. The molecule has 7 rings (SSSR count). The van der Waals surface area contributed by atoms with Crippen LogP contribution < -0.4 is 21.3 Å². The molecule has 77 heavy (non-hydrogen) atoms. The third-order valence-electron chi connectivity index (χ3n) is 14.1. The number of rotatable bonds is 25. The molecule has 0 radical (unpaired) electrons. The molecule has 0 bridgehead atoms. The number of nitrogens with one attached hydrogen (secondary N) is 4. The van der Waals surface area contributed by atoms with Gasteiger partial charge in [0.1, 0.15) is 6.04 Å². The highest BCUT2D eigenvalue weighted by Gasteiger charge is 2.53. The fourth-order valence-electron chi connectivity index (χ4n) is 10.0. The Morgan fingerprint density at radius 3 is 2.06 bits per heavy atom. The van der Waals surface area contributed by atoms with Gasteiger partial charge in [-0.3, -0.25) is 43.8 Å². The summed E-state index contributed by atoms with van der Waals surface area (Å²) in [5.41, 5.74) is 1.91. The lowest BCUT2D eigenvalue weighted by Gasteiger charge is -2.53. The Bertz CT molecular complexity index is 2940. The number of piperidine rings is 2. The predicted molar refractivity (Wildman–Crippen MR) is 292 cm³/mol. The molecule has 0 aliphatic carbocycles. The van der Waals surface area contributed by atoms with Crippen molar-refractivity contribution in [3.8, 4) is 0 Å². The minimum absolute atomic E-state index is 0.0350. The first-order valence-corrected chi connectivity index (χ1v) is 28.2. The van der Waals surface area contributed by atoms with E-state index in [0.717, 1.165) is 16.0 Å². The van der Waals surface area contributed by atoms with Crippen molar-refractivity contribution in [3.05, 3.63) is 129 Å². The molecule has 0 aromatic heterocycles. The van der Waals surface area contributed by atoms with Gasteiger partial charge in [-0.05, 0) is 104 Å². The van der Waals surface area contributed by atoms with Gasteiger partial charge in [0.2, 0.25) is 23.6 Å². The number of ether oxygens (including phenoxy) is 3. The number of halogens is 2. The van der Waals surface area contributed by atoms with Crippen molar-refractivity contribution in [1.29, 1.82) is 0 Å². The van der Waals surface area contributed by atoms with Crippen LogP contribution in [0.2, 0.25) is 10.0 Å². The average molecular weight is 1120 g/mol. The van der Waals surface area contributed by atoms with E-state index in [4.69, 9.17) is 37.4 Å². The van der Waals surface area contributed by atoms with Crippen molar-refractivity contribution in [2.45, 2.75) is 89.6 Å². The van der Waals surface area contributed by atoms with Crippen molar-refractivity contribution in [2.75, 3.05) is 69.1 Å². The number of carbonyl (C=O) groups is 7. The Morgan fingerprint density at radius 2 is 1.43 bits per heavy atom. The molecule has 4 N–H and O–H groups in total. The quantitative estimate of drug-likeness (QED) is 0.0379. The molecule has 4 aromatic rings. The Labute approximate surface area is 459 Å². The predicted octanol–water partition coefficient (Wildman–Crippen LogP) is 7.23. The SMILES string of the molecule is CC(C)[C@@H](CS(=O)(=O)C(C)C)N1C(=O)[C@@](C)(CC(=O)Nc2ccc(C(=O)NCCOCCOCCOCCNc3cccc4c3C(=O)N(C3CCC(=O)NC3=O)C4=O)cc2)C[C@H](c2cccc(Cl)c2)[C@H]1c1ccc(Cl)cc1. The van der Waals surface area contributed by atoms with Crippen LogP contribution in [-0.4, -0.2) is 135 Å². The molecule has 0 saturated carbocycles. The largest absolute Gasteiger partial charge is 0.382 e. The van der Waals surface area contributed by atoms with E-state index >= 15 is 4.79 Å². The van der Waals surface area contributed by atoms with Gasteiger partial charge in [-0.25, -0.2) is 8.42 Å². The Morgan fingerprint density at radius 1 is 0.779 bits per heavy atom. The average Bonchev–Trinajstić information content (AvgIpc) is 3.71. The molecule has 18 nitrogen and oxygen atoms in total. The first kappa shape index (κ1) is 58.5.